The highest BCUT2D eigenvalue weighted by Gasteiger charge is 2.39. The molecule has 3 amide bonds. The fraction of sp³-hybridized carbons (Fsp3) is 0.727. The van der Waals surface area contributed by atoms with Crippen molar-refractivity contribution in [1.82, 2.24) is 10.3 Å². The fourth-order valence-electron chi connectivity index (χ4n) is 1.80. The van der Waals surface area contributed by atoms with Gasteiger partial charge in [-0.1, -0.05) is 6.92 Å². The SMILES string of the molecule is CCCC(C(C(=O)N(C)C)/C(C)=N/NC(N)=O)[N+](=O)[O-]. The van der Waals surface area contributed by atoms with Crippen LogP contribution in [0.2, 0.25) is 0 Å². The summed E-state index contributed by atoms with van der Waals surface area (Å²) in [4.78, 5) is 34.7. The first-order chi connectivity index (χ1) is 9.22. The number of nitrogens with zero attached hydrogens (tertiary/aromatic N) is 3. The molecule has 0 spiro atoms. The number of nitro groups is 1. The Hall–Kier alpha value is -2.19. The molecule has 0 aromatic rings. The van der Waals surface area contributed by atoms with Crippen molar-refractivity contribution in [2.24, 2.45) is 16.8 Å². The van der Waals surface area contributed by atoms with E-state index in [-0.39, 0.29) is 12.1 Å². The first kappa shape index (κ1) is 17.8. The van der Waals surface area contributed by atoms with E-state index >= 15 is 0 Å². The van der Waals surface area contributed by atoms with Gasteiger partial charge >= 0.3 is 6.03 Å². The molecule has 20 heavy (non-hydrogen) atoms. The van der Waals surface area contributed by atoms with Gasteiger partial charge in [0.05, 0.1) is 5.71 Å². The van der Waals surface area contributed by atoms with E-state index in [2.05, 4.69) is 5.10 Å². The second kappa shape index (κ2) is 8.08. The summed E-state index contributed by atoms with van der Waals surface area (Å²) in [6.45, 7) is 3.25. The third-order valence-electron chi connectivity index (χ3n) is 2.74. The van der Waals surface area contributed by atoms with E-state index in [1.807, 2.05) is 5.43 Å². The average molecular weight is 287 g/mol. The summed E-state index contributed by atoms with van der Waals surface area (Å²) in [6, 6.07) is -1.98. The van der Waals surface area contributed by atoms with E-state index < -0.39 is 28.8 Å². The van der Waals surface area contributed by atoms with Gasteiger partial charge in [0.1, 0.15) is 5.92 Å². The Morgan fingerprint density at radius 1 is 1.45 bits per heavy atom. The van der Waals surface area contributed by atoms with Gasteiger partial charge in [0.2, 0.25) is 11.9 Å². The highest BCUT2D eigenvalue weighted by Crippen LogP contribution is 2.17. The van der Waals surface area contributed by atoms with Crippen LogP contribution in [0.25, 0.3) is 0 Å². The quantitative estimate of drug-likeness (QED) is 0.392. The number of hydrogen-bond acceptors (Lipinski definition) is 5. The average Bonchev–Trinajstić information content (AvgIpc) is 2.34. The topological polar surface area (TPSA) is 131 Å². The van der Waals surface area contributed by atoms with E-state index in [0.29, 0.717) is 6.42 Å². The fourth-order valence-corrected chi connectivity index (χ4v) is 1.80. The number of hydrogen-bond donors (Lipinski definition) is 2. The van der Waals surface area contributed by atoms with Gasteiger partial charge in [-0.25, -0.2) is 10.2 Å². The summed E-state index contributed by atoms with van der Waals surface area (Å²) < 4.78 is 0. The van der Waals surface area contributed by atoms with Crippen molar-refractivity contribution in [2.75, 3.05) is 14.1 Å². The minimum absolute atomic E-state index is 0.151. The molecular formula is C11H21N5O4. The van der Waals surface area contributed by atoms with Crippen LogP contribution in [0.1, 0.15) is 26.7 Å². The van der Waals surface area contributed by atoms with Crippen LogP contribution in [-0.4, -0.2) is 47.6 Å². The maximum Gasteiger partial charge on any atom is 0.332 e. The van der Waals surface area contributed by atoms with Crippen LogP contribution in [0.3, 0.4) is 0 Å². The molecule has 0 rings (SSSR count). The Labute approximate surface area is 117 Å². The van der Waals surface area contributed by atoms with Crippen molar-refractivity contribution in [3.8, 4) is 0 Å². The predicted octanol–water partition coefficient (Wildman–Crippen LogP) is 0.180. The molecule has 9 nitrogen and oxygen atoms in total. The van der Waals surface area contributed by atoms with Gasteiger partial charge in [0.25, 0.3) is 0 Å². The van der Waals surface area contributed by atoms with Gasteiger partial charge in [-0.05, 0) is 13.3 Å². The third kappa shape index (κ3) is 5.21. The molecule has 0 aliphatic carbocycles. The zero-order valence-corrected chi connectivity index (χ0v) is 12.1. The first-order valence-corrected chi connectivity index (χ1v) is 6.16. The standard InChI is InChI=1S/C11H21N5O4/c1-5-6-8(16(19)20)9(10(17)15(3)4)7(2)13-14-11(12)18/h8-9H,5-6H2,1-4H3,(H3,12,14,18)/b13-7+. The first-order valence-electron chi connectivity index (χ1n) is 6.16. The Balaban J connectivity index is 5.45. The van der Waals surface area contributed by atoms with Crippen LogP contribution in [0.5, 0.6) is 0 Å². The molecule has 0 saturated carbocycles. The second-order valence-corrected chi connectivity index (χ2v) is 4.58. The number of hydrazone groups is 1. The van der Waals surface area contributed by atoms with Crippen LogP contribution in [0.15, 0.2) is 5.10 Å². The molecule has 3 N–H and O–H groups in total. The second-order valence-electron chi connectivity index (χ2n) is 4.58. The van der Waals surface area contributed by atoms with Crippen LogP contribution >= 0.6 is 0 Å². The normalized spacial score (nSPS) is 14.3. The molecule has 114 valence electrons. The number of urea groups is 1. The monoisotopic (exact) mass is 287 g/mol. The smallest absolute Gasteiger partial charge is 0.332 e. The molecule has 2 unspecified atom stereocenters. The molecule has 0 aromatic carbocycles. The zero-order valence-electron chi connectivity index (χ0n) is 12.1. The van der Waals surface area contributed by atoms with Crippen molar-refractivity contribution in [3.05, 3.63) is 10.1 Å². The molecule has 0 aromatic heterocycles. The number of nitrogens with one attached hydrogen (secondary N) is 1. The third-order valence-corrected chi connectivity index (χ3v) is 2.74. The number of carbonyl (C=O) groups is 2. The van der Waals surface area contributed by atoms with E-state index in [1.54, 1.807) is 6.92 Å². The van der Waals surface area contributed by atoms with Gasteiger partial charge in [0.15, 0.2) is 0 Å². The number of primary amides is 1. The summed E-state index contributed by atoms with van der Waals surface area (Å²) in [6.07, 6.45) is 0.792. The molecule has 2 atom stereocenters. The maximum atomic E-state index is 12.1. The largest absolute Gasteiger partial charge is 0.350 e. The highest BCUT2D eigenvalue weighted by atomic mass is 16.6. The van der Waals surface area contributed by atoms with Crippen molar-refractivity contribution < 1.29 is 14.5 Å². The minimum Gasteiger partial charge on any atom is -0.350 e. The Morgan fingerprint density at radius 2 is 2.00 bits per heavy atom. The number of amides is 3. The lowest BCUT2D eigenvalue weighted by molar-refractivity contribution is -0.527. The highest BCUT2D eigenvalue weighted by molar-refractivity contribution is 6.03. The molecular weight excluding hydrogens is 266 g/mol. The lowest BCUT2D eigenvalue weighted by atomic mass is 9.91. The van der Waals surface area contributed by atoms with E-state index in [9.17, 15) is 19.7 Å². The van der Waals surface area contributed by atoms with E-state index in [0.717, 1.165) is 0 Å². The molecule has 0 fully saturated rings. The van der Waals surface area contributed by atoms with Gasteiger partial charge in [-0.2, -0.15) is 5.10 Å². The molecule has 0 aliphatic heterocycles. The Kier molecular flexibility index (Phi) is 7.19. The van der Waals surface area contributed by atoms with Crippen LogP contribution < -0.4 is 11.2 Å². The summed E-state index contributed by atoms with van der Waals surface area (Å²) in [7, 11) is 3.01. The van der Waals surface area contributed by atoms with Crippen molar-refractivity contribution in [3.63, 3.8) is 0 Å². The summed E-state index contributed by atoms with van der Waals surface area (Å²) >= 11 is 0. The molecule has 0 aliphatic rings. The summed E-state index contributed by atoms with van der Waals surface area (Å²) in [5.41, 5.74) is 7.02. The summed E-state index contributed by atoms with van der Waals surface area (Å²) in [5, 5.41) is 14.8. The predicted molar refractivity (Wildman–Crippen MR) is 73.7 cm³/mol. The van der Waals surface area contributed by atoms with Gasteiger partial charge in [-0.3, -0.25) is 14.9 Å². The van der Waals surface area contributed by atoms with E-state index in [4.69, 9.17) is 5.73 Å². The lowest BCUT2D eigenvalue weighted by Crippen LogP contribution is -2.45. The molecule has 0 bridgehead atoms. The minimum atomic E-state index is -1.09. The van der Waals surface area contributed by atoms with Crippen molar-refractivity contribution in [2.45, 2.75) is 32.7 Å². The van der Waals surface area contributed by atoms with Crippen molar-refractivity contribution in [1.29, 1.82) is 0 Å². The molecule has 0 saturated heterocycles. The molecule has 0 heterocycles. The maximum absolute atomic E-state index is 12.1. The lowest BCUT2D eigenvalue weighted by Gasteiger charge is -2.23. The Bertz CT molecular complexity index is 408. The van der Waals surface area contributed by atoms with Crippen LogP contribution in [-0.2, 0) is 4.79 Å². The van der Waals surface area contributed by atoms with Gasteiger partial charge in [-0.15, -0.1) is 0 Å². The number of nitrogens with two attached hydrogens (primary N) is 1. The van der Waals surface area contributed by atoms with Crippen molar-refractivity contribution >= 4 is 17.6 Å². The molecule has 9 heteroatoms. The molecule has 0 radical (unpaired) electrons. The van der Waals surface area contributed by atoms with Gasteiger partial charge in [0, 0.05) is 25.4 Å². The number of carbonyl (C=O) groups excluding carboxylic acids is 2. The zero-order chi connectivity index (χ0) is 15.9. The van der Waals surface area contributed by atoms with E-state index in [1.165, 1.54) is 25.9 Å². The van der Waals surface area contributed by atoms with Crippen LogP contribution in [0, 0.1) is 16.0 Å². The van der Waals surface area contributed by atoms with Gasteiger partial charge < -0.3 is 10.6 Å². The number of rotatable bonds is 7. The Morgan fingerprint density at radius 3 is 2.35 bits per heavy atom. The summed E-state index contributed by atoms with van der Waals surface area (Å²) in [5.74, 6) is -1.47. The van der Waals surface area contributed by atoms with Crippen LogP contribution in [0.4, 0.5) is 4.79 Å².